The SMILES string of the molecule is CC(C)(C)N(C(=O)O)[C@@H](Cc1ccccc1)C(=O)NCCOCCOCCN1C(=O)C=CC1=O. The number of hydrogen-bond acceptors (Lipinski definition) is 6. The number of imide groups is 1. The van der Waals surface area contributed by atoms with Crippen LogP contribution in [-0.2, 0) is 30.3 Å². The summed E-state index contributed by atoms with van der Waals surface area (Å²) in [6, 6.07) is 8.38. The molecule has 1 heterocycles. The first-order chi connectivity index (χ1) is 16.1. The summed E-state index contributed by atoms with van der Waals surface area (Å²) in [4.78, 5) is 50.0. The minimum absolute atomic E-state index is 0.178. The van der Waals surface area contributed by atoms with E-state index in [9.17, 15) is 24.3 Å². The van der Waals surface area contributed by atoms with Gasteiger partial charge in [0.1, 0.15) is 6.04 Å². The van der Waals surface area contributed by atoms with Crippen molar-refractivity contribution in [2.75, 3.05) is 39.5 Å². The smallest absolute Gasteiger partial charge is 0.408 e. The first-order valence-electron chi connectivity index (χ1n) is 11.1. The van der Waals surface area contributed by atoms with Crippen molar-refractivity contribution in [1.29, 1.82) is 0 Å². The zero-order chi connectivity index (χ0) is 25.1. The minimum atomic E-state index is -1.16. The van der Waals surface area contributed by atoms with Crippen molar-refractivity contribution in [3.05, 3.63) is 48.0 Å². The molecule has 10 nitrogen and oxygen atoms in total. The zero-order valence-corrected chi connectivity index (χ0v) is 19.9. The standard InChI is InChI=1S/C24H33N3O7/c1-24(2,3)27(23(31)32)19(17-18-7-5-4-6-8-18)22(30)25-11-13-33-15-16-34-14-12-26-20(28)9-10-21(26)29/h4-10,19H,11-17H2,1-3H3,(H,25,30)(H,31,32)/t19-/m0/s1. The molecule has 1 aliphatic heterocycles. The predicted molar refractivity (Wildman–Crippen MR) is 124 cm³/mol. The lowest BCUT2D eigenvalue weighted by molar-refractivity contribution is -0.137. The van der Waals surface area contributed by atoms with E-state index in [-0.39, 0.29) is 57.8 Å². The maximum Gasteiger partial charge on any atom is 0.408 e. The number of rotatable bonds is 13. The number of nitrogens with one attached hydrogen (secondary N) is 1. The Hall–Kier alpha value is -3.24. The monoisotopic (exact) mass is 475 g/mol. The average Bonchev–Trinajstić information content (AvgIpc) is 3.08. The molecule has 1 atom stereocenters. The van der Waals surface area contributed by atoms with Crippen LogP contribution in [0.15, 0.2) is 42.5 Å². The number of nitrogens with zero attached hydrogens (tertiary/aromatic N) is 2. The van der Waals surface area contributed by atoms with E-state index < -0.39 is 23.6 Å². The van der Waals surface area contributed by atoms with Crippen LogP contribution in [0.5, 0.6) is 0 Å². The van der Waals surface area contributed by atoms with Crippen LogP contribution in [0.4, 0.5) is 4.79 Å². The van der Waals surface area contributed by atoms with Gasteiger partial charge in [-0.2, -0.15) is 0 Å². The van der Waals surface area contributed by atoms with E-state index in [1.807, 2.05) is 30.3 Å². The molecule has 1 aromatic carbocycles. The Morgan fingerprint density at radius 2 is 1.59 bits per heavy atom. The zero-order valence-electron chi connectivity index (χ0n) is 19.9. The number of hydrogen-bond donors (Lipinski definition) is 2. The Morgan fingerprint density at radius 3 is 2.15 bits per heavy atom. The van der Waals surface area contributed by atoms with E-state index in [0.717, 1.165) is 10.5 Å². The number of benzene rings is 1. The molecule has 0 spiro atoms. The summed E-state index contributed by atoms with van der Waals surface area (Å²) in [5.41, 5.74) is 0.0937. The Labute approximate surface area is 199 Å². The van der Waals surface area contributed by atoms with Crippen molar-refractivity contribution in [2.24, 2.45) is 0 Å². The number of amides is 4. The summed E-state index contributed by atoms with van der Waals surface area (Å²) in [7, 11) is 0. The molecule has 0 saturated heterocycles. The van der Waals surface area contributed by atoms with Gasteiger partial charge in [0.25, 0.3) is 11.8 Å². The molecular formula is C24H33N3O7. The van der Waals surface area contributed by atoms with Crippen LogP contribution in [0.1, 0.15) is 26.3 Å². The maximum atomic E-state index is 12.9. The molecule has 1 aliphatic rings. The minimum Gasteiger partial charge on any atom is -0.465 e. The van der Waals surface area contributed by atoms with Crippen LogP contribution in [0, 0.1) is 0 Å². The van der Waals surface area contributed by atoms with Gasteiger partial charge in [0.05, 0.1) is 33.0 Å². The second-order valence-electron chi connectivity index (χ2n) is 8.71. The van der Waals surface area contributed by atoms with Crippen LogP contribution in [0.3, 0.4) is 0 Å². The lowest BCUT2D eigenvalue weighted by Crippen LogP contribution is -2.57. The Balaban J connectivity index is 1.74. The Kier molecular flexibility index (Phi) is 10.2. The fourth-order valence-electron chi connectivity index (χ4n) is 3.52. The molecule has 34 heavy (non-hydrogen) atoms. The summed E-state index contributed by atoms with van der Waals surface area (Å²) in [6.45, 7) is 6.62. The highest BCUT2D eigenvalue weighted by Gasteiger charge is 2.37. The Bertz CT molecular complexity index is 862. The van der Waals surface area contributed by atoms with Gasteiger partial charge in [0.15, 0.2) is 0 Å². The summed E-state index contributed by atoms with van der Waals surface area (Å²) in [6.07, 6.45) is 1.54. The highest BCUT2D eigenvalue weighted by molar-refractivity contribution is 6.12. The second kappa shape index (κ2) is 12.9. The quantitative estimate of drug-likeness (QED) is 0.327. The van der Waals surface area contributed by atoms with Crippen molar-refractivity contribution in [1.82, 2.24) is 15.1 Å². The molecule has 10 heteroatoms. The molecule has 0 unspecified atom stereocenters. The van der Waals surface area contributed by atoms with Crippen molar-refractivity contribution in [3.8, 4) is 0 Å². The van der Waals surface area contributed by atoms with Gasteiger partial charge in [-0.15, -0.1) is 0 Å². The number of ether oxygens (including phenoxy) is 2. The van der Waals surface area contributed by atoms with E-state index >= 15 is 0 Å². The highest BCUT2D eigenvalue weighted by atomic mass is 16.5. The van der Waals surface area contributed by atoms with Gasteiger partial charge < -0.3 is 19.9 Å². The van der Waals surface area contributed by atoms with Crippen LogP contribution >= 0.6 is 0 Å². The van der Waals surface area contributed by atoms with Gasteiger partial charge >= 0.3 is 6.09 Å². The van der Waals surface area contributed by atoms with E-state index in [1.54, 1.807) is 20.8 Å². The third-order valence-electron chi connectivity index (χ3n) is 5.09. The van der Waals surface area contributed by atoms with Gasteiger partial charge in [-0.1, -0.05) is 30.3 Å². The lowest BCUT2D eigenvalue weighted by Gasteiger charge is -2.38. The summed E-state index contributed by atoms with van der Waals surface area (Å²) >= 11 is 0. The Morgan fingerprint density at radius 1 is 1.00 bits per heavy atom. The van der Waals surface area contributed by atoms with Crippen molar-refractivity contribution >= 4 is 23.8 Å². The van der Waals surface area contributed by atoms with Gasteiger partial charge in [-0.05, 0) is 26.3 Å². The summed E-state index contributed by atoms with van der Waals surface area (Å²) < 4.78 is 10.8. The maximum absolute atomic E-state index is 12.9. The van der Waals surface area contributed by atoms with E-state index in [4.69, 9.17) is 9.47 Å². The lowest BCUT2D eigenvalue weighted by atomic mass is 9.98. The molecular weight excluding hydrogens is 442 g/mol. The molecule has 0 saturated carbocycles. The fraction of sp³-hybridized carbons (Fsp3) is 0.500. The number of carboxylic acid groups (broad SMARTS) is 1. The molecule has 0 aromatic heterocycles. The first-order valence-corrected chi connectivity index (χ1v) is 11.1. The van der Waals surface area contributed by atoms with Gasteiger partial charge in [-0.25, -0.2) is 4.79 Å². The van der Waals surface area contributed by atoms with Crippen molar-refractivity contribution < 1.29 is 33.8 Å². The van der Waals surface area contributed by atoms with E-state index in [1.165, 1.54) is 17.1 Å². The van der Waals surface area contributed by atoms with Crippen LogP contribution in [0.25, 0.3) is 0 Å². The largest absolute Gasteiger partial charge is 0.465 e. The summed E-state index contributed by atoms with van der Waals surface area (Å²) in [5.74, 6) is -1.09. The van der Waals surface area contributed by atoms with Crippen LogP contribution in [0.2, 0.25) is 0 Å². The highest BCUT2D eigenvalue weighted by Crippen LogP contribution is 2.20. The topological polar surface area (TPSA) is 125 Å². The average molecular weight is 476 g/mol. The van der Waals surface area contributed by atoms with E-state index in [2.05, 4.69) is 5.32 Å². The van der Waals surface area contributed by atoms with Crippen LogP contribution < -0.4 is 5.32 Å². The molecule has 1 aromatic rings. The van der Waals surface area contributed by atoms with Crippen molar-refractivity contribution in [3.63, 3.8) is 0 Å². The molecule has 186 valence electrons. The number of carbonyl (C=O) groups excluding carboxylic acids is 3. The second-order valence-corrected chi connectivity index (χ2v) is 8.71. The molecule has 0 aliphatic carbocycles. The molecule has 0 fully saturated rings. The first kappa shape index (κ1) is 27.0. The molecule has 0 bridgehead atoms. The third-order valence-corrected chi connectivity index (χ3v) is 5.09. The fourth-order valence-corrected chi connectivity index (χ4v) is 3.52. The number of carbonyl (C=O) groups is 4. The van der Waals surface area contributed by atoms with Gasteiger partial charge in [0.2, 0.25) is 5.91 Å². The van der Waals surface area contributed by atoms with Crippen molar-refractivity contribution in [2.45, 2.75) is 38.8 Å². The van der Waals surface area contributed by atoms with Gasteiger partial charge in [0, 0.05) is 30.7 Å². The predicted octanol–water partition coefficient (Wildman–Crippen LogP) is 1.45. The van der Waals surface area contributed by atoms with Crippen LogP contribution in [-0.4, -0.2) is 89.8 Å². The molecule has 0 radical (unpaired) electrons. The molecule has 2 N–H and O–H groups in total. The molecule has 2 rings (SSSR count). The normalized spacial score (nSPS) is 14.4. The summed E-state index contributed by atoms with van der Waals surface area (Å²) in [5, 5.41) is 12.5. The van der Waals surface area contributed by atoms with Gasteiger partial charge in [-0.3, -0.25) is 24.2 Å². The molecule has 4 amide bonds. The van der Waals surface area contributed by atoms with E-state index in [0.29, 0.717) is 0 Å². The third kappa shape index (κ3) is 8.27.